The molecule has 0 amide bonds. The molecule has 0 unspecified atom stereocenters. The molecule has 1 aromatic carbocycles. The maximum Gasteiger partial charge on any atom is 0.341 e. The molecule has 148 valence electrons. The molecule has 2 aromatic rings. The normalized spacial score (nSPS) is 14.6. The molecule has 1 aliphatic carbocycles. The second-order valence-electron chi connectivity index (χ2n) is 7.48. The molecule has 0 spiro atoms. The zero-order chi connectivity index (χ0) is 19.9. The van der Waals surface area contributed by atoms with Gasteiger partial charge in [-0.1, -0.05) is 39.0 Å². The summed E-state index contributed by atoms with van der Waals surface area (Å²) in [7, 11) is 0. The summed E-state index contributed by atoms with van der Waals surface area (Å²) in [4.78, 5) is 17.1. The van der Waals surface area contributed by atoms with Gasteiger partial charge in [-0.05, 0) is 43.4 Å². The van der Waals surface area contributed by atoms with Gasteiger partial charge in [-0.3, -0.25) is 4.98 Å². The Morgan fingerprint density at radius 2 is 2.07 bits per heavy atom. The van der Waals surface area contributed by atoms with Crippen molar-refractivity contribution in [2.75, 3.05) is 18.5 Å². The lowest BCUT2D eigenvalue weighted by Gasteiger charge is -2.22. The van der Waals surface area contributed by atoms with Crippen molar-refractivity contribution in [1.29, 1.82) is 5.26 Å². The second-order valence-corrected chi connectivity index (χ2v) is 7.48. The molecule has 5 nitrogen and oxygen atoms in total. The Morgan fingerprint density at radius 1 is 1.29 bits per heavy atom. The highest BCUT2D eigenvalue weighted by atomic mass is 16.5. The van der Waals surface area contributed by atoms with E-state index >= 15 is 0 Å². The molecule has 1 fully saturated rings. The highest BCUT2D eigenvalue weighted by molar-refractivity contribution is 6.05. The number of aromatic nitrogens is 1. The topological polar surface area (TPSA) is 75.0 Å². The SMILES string of the molecule is CCOC(=O)c1cnc2c(CC)cc(C#N)cc2c1NCCC1CCCCC1. The lowest BCUT2D eigenvalue weighted by atomic mass is 9.87. The number of anilines is 1. The number of carbonyl (C=O) groups is 1. The summed E-state index contributed by atoms with van der Waals surface area (Å²) in [5, 5.41) is 13.8. The lowest BCUT2D eigenvalue weighted by molar-refractivity contribution is 0.0527. The first-order chi connectivity index (χ1) is 13.7. The van der Waals surface area contributed by atoms with Crippen LogP contribution in [-0.2, 0) is 11.2 Å². The summed E-state index contributed by atoms with van der Waals surface area (Å²) >= 11 is 0. The van der Waals surface area contributed by atoms with Gasteiger partial charge in [0.15, 0.2) is 0 Å². The zero-order valence-corrected chi connectivity index (χ0v) is 16.9. The fourth-order valence-corrected chi connectivity index (χ4v) is 4.14. The van der Waals surface area contributed by atoms with E-state index in [4.69, 9.17) is 4.74 Å². The van der Waals surface area contributed by atoms with Gasteiger partial charge < -0.3 is 10.1 Å². The molecule has 0 radical (unpaired) electrons. The van der Waals surface area contributed by atoms with Crippen LogP contribution in [0.5, 0.6) is 0 Å². The van der Waals surface area contributed by atoms with Gasteiger partial charge in [-0.15, -0.1) is 0 Å². The summed E-state index contributed by atoms with van der Waals surface area (Å²) in [6.07, 6.45) is 10.1. The third kappa shape index (κ3) is 4.44. The Bertz CT molecular complexity index is 880. The number of nitrogens with zero attached hydrogens (tertiary/aromatic N) is 2. The number of benzene rings is 1. The van der Waals surface area contributed by atoms with Gasteiger partial charge in [0.2, 0.25) is 0 Å². The van der Waals surface area contributed by atoms with Gasteiger partial charge in [0.1, 0.15) is 5.56 Å². The standard InChI is InChI=1S/C23H29N3O2/c1-3-18-12-17(14-24)13-19-21(18)26-15-20(23(27)28-4-2)22(19)25-11-10-16-8-6-5-7-9-16/h12-13,15-16H,3-11H2,1-2H3,(H,25,26). The molecular weight excluding hydrogens is 350 g/mol. The fourth-order valence-electron chi connectivity index (χ4n) is 4.14. The van der Waals surface area contributed by atoms with Crippen molar-refractivity contribution in [3.05, 3.63) is 35.0 Å². The van der Waals surface area contributed by atoms with Crippen LogP contribution in [-0.4, -0.2) is 24.1 Å². The molecule has 0 aliphatic heterocycles. The molecule has 1 N–H and O–H groups in total. The van der Waals surface area contributed by atoms with Gasteiger partial charge in [-0.25, -0.2) is 4.79 Å². The second kappa shape index (κ2) is 9.54. The number of hydrogen-bond acceptors (Lipinski definition) is 5. The summed E-state index contributed by atoms with van der Waals surface area (Å²) in [5.41, 5.74) is 3.62. The number of rotatable bonds is 7. The molecule has 0 bridgehead atoms. The average molecular weight is 380 g/mol. The molecule has 1 saturated carbocycles. The highest BCUT2D eigenvalue weighted by Gasteiger charge is 2.19. The molecule has 1 heterocycles. The molecule has 3 rings (SSSR count). The van der Waals surface area contributed by atoms with Gasteiger partial charge in [0, 0.05) is 18.1 Å². The van der Waals surface area contributed by atoms with E-state index in [1.807, 2.05) is 19.1 Å². The minimum atomic E-state index is -0.377. The number of carbonyl (C=O) groups excluding carboxylic acids is 1. The van der Waals surface area contributed by atoms with Gasteiger partial charge in [-0.2, -0.15) is 5.26 Å². The maximum absolute atomic E-state index is 12.5. The number of nitriles is 1. The van der Waals surface area contributed by atoms with E-state index in [0.29, 0.717) is 17.7 Å². The molecule has 1 aromatic heterocycles. The molecular formula is C23H29N3O2. The van der Waals surface area contributed by atoms with Crippen LogP contribution in [0.15, 0.2) is 18.3 Å². The van der Waals surface area contributed by atoms with Crippen LogP contribution in [0.2, 0.25) is 0 Å². The number of pyridine rings is 1. The summed E-state index contributed by atoms with van der Waals surface area (Å²) in [6, 6.07) is 5.94. The van der Waals surface area contributed by atoms with Crippen molar-refractivity contribution in [3.8, 4) is 6.07 Å². The maximum atomic E-state index is 12.5. The van der Waals surface area contributed by atoms with E-state index in [0.717, 1.165) is 47.5 Å². The Hall–Kier alpha value is -2.61. The van der Waals surface area contributed by atoms with Crippen molar-refractivity contribution in [3.63, 3.8) is 0 Å². The van der Waals surface area contributed by atoms with Gasteiger partial charge >= 0.3 is 5.97 Å². The fraction of sp³-hybridized carbons (Fsp3) is 0.522. The van der Waals surface area contributed by atoms with Crippen molar-refractivity contribution in [1.82, 2.24) is 4.98 Å². The van der Waals surface area contributed by atoms with E-state index < -0.39 is 0 Å². The molecule has 0 atom stereocenters. The third-order valence-corrected chi connectivity index (χ3v) is 5.63. The van der Waals surface area contributed by atoms with Crippen LogP contribution in [0.1, 0.15) is 73.9 Å². The van der Waals surface area contributed by atoms with Crippen molar-refractivity contribution in [2.24, 2.45) is 5.92 Å². The van der Waals surface area contributed by atoms with E-state index in [2.05, 4.69) is 16.4 Å². The predicted molar refractivity (Wildman–Crippen MR) is 111 cm³/mol. The van der Waals surface area contributed by atoms with Crippen LogP contribution in [0.25, 0.3) is 10.9 Å². The summed E-state index contributed by atoms with van der Waals surface area (Å²) in [5.74, 6) is 0.374. The first kappa shape index (κ1) is 20.1. The first-order valence-electron chi connectivity index (χ1n) is 10.4. The van der Waals surface area contributed by atoms with E-state index in [1.54, 1.807) is 13.1 Å². The van der Waals surface area contributed by atoms with Crippen LogP contribution in [0.4, 0.5) is 5.69 Å². The molecule has 1 aliphatic rings. The largest absolute Gasteiger partial charge is 0.462 e. The Kier molecular flexibility index (Phi) is 6.86. The predicted octanol–water partition coefficient (Wildman–Crippen LogP) is 5.23. The average Bonchev–Trinajstić information content (AvgIpc) is 2.73. The van der Waals surface area contributed by atoms with Gasteiger partial charge in [0.05, 0.1) is 29.4 Å². The highest BCUT2D eigenvalue weighted by Crippen LogP contribution is 2.31. The lowest BCUT2D eigenvalue weighted by Crippen LogP contribution is -2.15. The number of fused-ring (bicyclic) bond motifs is 1. The van der Waals surface area contributed by atoms with Crippen LogP contribution >= 0.6 is 0 Å². The van der Waals surface area contributed by atoms with E-state index in [1.165, 1.54) is 32.1 Å². The number of aryl methyl sites for hydroxylation is 1. The Morgan fingerprint density at radius 3 is 2.75 bits per heavy atom. The smallest absolute Gasteiger partial charge is 0.341 e. The van der Waals surface area contributed by atoms with E-state index in [-0.39, 0.29) is 5.97 Å². The number of hydrogen-bond donors (Lipinski definition) is 1. The van der Waals surface area contributed by atoms with Crippen molar-refractivity contribution < 1.29 is 9.53 Å². The monoisotopic (exact) mass is 379 g/mol. The van der Waals surface area contributed by atoms with Crippen LogP contribution in [0.3, 0.4) is 0 Å². The van der Waals surface area contributed by atoms with E-state index in [9.17, 15) is 10.1 Å². The number of esters is 1. The van der Waals surface area contributed by atoms with Gasteiger partial charge in [0.25, 0.3) is 0 Å². The summed E-state index contributed by atoms with van der Waals surface area (Å²) in [6.45, 7) is 4.96. The Balaban J connectivity index is 1.97. The molecule has 0 saturated heterocycles. The summed E-state index contributed by atoms with van der Waals surface area (Å²) < 4.78 is 5.24. The molecule has 28 heavy (non-hydrogen) atoms. The zero-order valence-electron chi connectivity index (χ0n) is 16.9. The number of nitrogens with one attached hydrogen (secondary N) is 1. The molecule has 5 heteroatoms. The van der Waals surface area contributed by atoms with Crippen LogP contribution in [0, 0.1) is 17.2 Å². The first-order valence-corrected chi connectivity index (χ1v) is 10.4. The van der Waals surface area contributed by atoms with Crippen molar-refractivity contribution in [2.45, 2.75) is 58.8 Å². The minimum Gasteiger partial charge on any atom is -0.462 e. The van der Waals surface area contributed by atoms with Crippen LogP contribution < -0.4 is 5.32 Å². The minimum absolute atomic E-state index is 0.316. The van der Waals surface area contributed by atoms with Crippen molar-refractivity contribution >= 4 is 22.6 Å². The quantitative estimate of drug-likeness (QED) is 0.667. The third-order valence-electron chi connectivity index (χ3n) is 5.63. The number of ether oxygens (including phenoxy) is 1. The Labute approximate surface area is 167 Å².